The molecule has 2 heterocycles. The molecule has 114 valence electrons. The predicted molar refractivity (Wildman–Crippen MR) is 97.2 cm³/mol. The lowest BCUT2D eigenvalue weighted by Gasteiger charge is -2.17. The predicted octanol–water partition coefficient (Wildman–Crippen LogP) is 6.62. The van der Waals surface area contributed by atoms with Crippen LogP contribution < -0.4 is 0 Å². The van der Waals surface area contributed by atoms with E-state index in [0.717, 1.165) is 5.56 Å². The van der Waals surface area contributed by atoms with Crippen molar-refractivity contribution in [3.8, 4) is 5.75 Å². The minimum atomic E-state index is -0.0476. The Balaban J connectivity index is 2.22. The normalized spacial score (nSPS) is 11.3. The molecule has 3 aromatic rings. The SMILES string of the molecule is Cc1ccc(C(c2ccc(C)s2)c2cc(Cl)cc(Cl)c2O)s1. The molecule has 0 fully saturated rings. The van der Waals surface area contributed by atoms with E-state index in [-0.39, 0.29) is 16.7 Å². The van der Waals surface area contributed by atoms with Crippen LogP contribution in [0.1, 0.15) is 31.0 Å². The van der Waals surface area contributed by atoms with Crippen LogP contribution in [-0.2, 0) is 0 Å². The molecular formula is C17H14Cl2OS2. The van der Waals surface area contributed by atoms with E-state index in [2.05, 4.69) is 38.1 Å². The van der Waals surface area contributed by atoms with E-state index >= 15 is 0 Å². The van der Waals surface area contributed by atoms with Crippen LogP contribution >= 0.6 is 45.9 Å². The molecule has 1 nitrogen and oxygen atoms in total. The summed E-state index contributed by atoms with van der Waals surface area (Å²) in [4.78, 5) is 4.82. The molecule has 0 unspecified atom stereocenters. The van der Waals surface area contributed by atoms with Gasteiger partial charge in [-0.25, -0.2) is 0 Å². The third kappa shape index (κ3) is 3.04. The first kappa shape index (κ1) is 15.9. The Morgan fingerprint density at radius 3 is 1.91 bits per heavy atom. The highest BCUT2D eigenvalue weighted by Crippen LogP contribution is 2.45. The number of thiophene rings is 2. The number of rotatable bonds is 3. The minimum Gasteiger partial charge on any atom is -0.506 e. The topological polar surface area (TPSA) is 20.2 Å². The molecule has 2 aromatic heterocycles. The van der Waals surface area contributed by atoms with Gasteiger partial charge in [0, 0.05) is 30.1 Å². The number of phenolic OH excluding ortho intramolecular Hbond substituents is 1. The van der Waals surface area contributed by atoms with E-state index in [1.807, 2.05) is 0 Å². The lowest BCUT2D eigenvalue weighted by atomic mass is 9.95. The van der Waals surface area contributed by atoms with Crippen molar-refractivity contribution in [3.05, 3.63) is 71.5 Å². The van der Waals surface area contributed by atoms with Crippen LogP contribution in [0.3, 0.4) is 0 Å². The summed E-state index contributed by atoms with van der Waals surface area (Å²) in [5, 5.41) is 11.3. The van der Waals surface area contributed by atoms with Crippen molar-refractivity contribution in [1.29, 1.82) is 0 Å². The van der Waals surface area contributed by atoms with Gasteiger partial charge in [-0.1, -0.05) is 23.2 Å². The van der Waals surface area contributed by atoms with Gasteiger partial charge >= 0.3 is 0 Å². The first-order valence-electron chi connectivity index (χ1n) is 6.76. The highest BCUT2D eigenvalue weighted by Gasteiger charge is 2.24. The maximum Gasteiger partial charge on any atom is 0.138 e. The number of halogens is 2. The largest absolute Gasteiger partial charge is 0.506 e. The molecule has 5 heteroatoms. The zero-order valence-electron chi connectivity index (χ0n) is 12.1. The van der Waals surface area contributed by atoms with Crippen molar-refractivity contribution in [3.63, 3.8) is 0 Å². The molecule has 0 spiro atoms. The third-order valence-corrected chi connectivity index (χ3v) is 6.10. The fourth-order valence-electron chi connectivity index (χ4n) is 2.47. The van der Waals surface area contributed by atoms with Crippen LogP contribution in [0.15, 0.2) is 36.4 Å². The Morgan fingerprint density at radius 1 is 0.909 bits per heavy atom. The highest BCUT2D eigenvalue weighted by atomic mass is 35.5. The van der Waals surface area contributed by atoms with Crippen molar-refractivity contribution in [2.45, 2.75) is 19.8 Å². The average molecular weight is 369 g/mol. The lowest BCUT2D eigenvalue weighted by Crippen LogP contribution is -2.00. The second-order valence-electron chi connectivity index (χ2n) is 5.16. The molecular weight excluding hydrogens is 355 g/mol. The molecule has 22 heavy (non-hydrogen) atoms. The maximum absolute atomic E-state index is 10.4. The molecule has 3 rings (SSSR count). The fraction of sp³-hybridized carbons (Fsp3) is 0.176. The molecule has 0 aliphatic rings. The molecule has 0 radical (unpaired) electrons. The van der Waals surface area contributed by atoms with Crippen molar-refractivity contribution >= 4 is 45.9 Å². The molecule has 0 aliphatic carbocycles. The summed E-state index contributed by atoms with van der Waals surface area (Å²) in [6.45, 7) is 4.16. The van der Waals surface area contributed by atoms with Crippen molar-refractivity contribution in [2.75, 3.05) is 0 Å². The number of aryl methyl sites for hydroxylation is 2. The number of phenols is 1. The van der Waals surface area contributed by atoms with Gasteiger partial charge in [0.1, 0.15) is 5.75 Å². The summed E-state index contributed by atoms with van der Waals surface area (Å²) in [6.07, 6.45) is 0. The van der Waals surface area contributed by atoms with E-state index in [0.29, 0.717) is 5.02 Å². The average Bonchev–Trinajstić information content (AvgIpc) is 3.05. The van der Waals surface area contributed by atoms with Gasteiger partial charge in [-0.15, -0.1) is 22.7 Å². The van der Waals surface area contributed by atoms with Gasteiger partial charge in [0.2, 0.25) is 0 Å². The summed E-state index contributed by atoms with van der Waals surface area (Å²) >= 11 is 15.7. The molecule has 0 bridgehead atoms. The van der Waals surface area contributed by atoms with Crippen LogP contribution in [0.2, 0.25) is 10.0 Å². The zero-order valence-corrected chi connectivity index (χ0v) is 15.2. The summed E-state index contributed by atoms with van der Waals surface area (Å²) in [5.74, 6) is 0.0572. The molecule has 0 amide bonds. The molecule has 0 saturated heterocycles. The van der Waals surface area contributed by atoms with Crippen LogP contribution in [0, 0.1) is 13.8 Å². The Morgan fingerprint density at radius 2 is 1.45 bits per heavy atom. The number of hydrogen-bond acceptors (Lipinski definition) is 3. The number of hydrogen-bond donors (Lipinski definition) is 1. The molecule has 0 saturated carbocycles. The highest BCUT2D eigenvalue weighted by molar-refractivity contribution is 7.13. The van der Waals surface area contributed by atoms with Crippen molar-refractivity contribution in [2.24, 2.45) is 0 Å². The summed E-state index contributed by atoms with van der Waals surface area (Å²) in [7, 11) is 0. The van der Waals surface area contributed by atoms with Crippen molar-refractivity contribution < 1.29 is 5.11 Å². The van der Waals surface area contributed by atoms with Gasteiger partial charge in [0.25, 0.3) is 0 Å². The number of benzene rings is 1. The quantitative estimate of drug-likeness (QED) is 0.550. The van der Waals surface area contributed by atoms with Gasteiger partial charge in [0.05, 0.1) is 10.9 Å². The summed E-state index contributed by atoms with van der Waals surface area (Å²) < 4.78 is 0. The lowest BCUT2D eigenvalue weighted by molar-refractivity contribution is 0.468. The van der Waals surface area contributed by atoms with E-state index in [9.17, 15) is 5.11 Å². The van der Waals surface area contributed by atoms with Gasteiger partial charge in [-0.3, -0.25) is 0 Å². The Kier molecular flexibility index (Phi) is 4.51. The fourth-order valence-corrected chi connectivity index (χ4v) is 5.09. The van der Waals surface area contributed by atoms with Crippen LogP contribution in [0.4, 0.5) is 0 Å². The van der Waals surface area contributed by atoms with Gasteiger partial charge in [0.15, 0.2) is 0 Å². The van der Waals surface area contributed by atoms with Crippen LogP contribution in [-0.4, -0.2) is 5.11 Å². The van der Waals surface area contributed by atoms with E-state index in [1.165, 1.54) is 19.5 Å². The second-order valence-corrected chi connectivity index (χ2v) is 8.64. The van der Waals surface area contributed by atoms with E-state index < -0.39 is 0 Å². The first-order chi connectivity index (χ1) is 10.5. The standard InChI is InChI=1S/C17H14Cl2OS2/c1-9-3-5-14(21-9)16(15-6-4-10(2)22-15)12-7-11(18)8-13(19)17(12)20/h3-8,16,20H,1-2H3. The van der Waals surface area contributed by atoms with Crippen LogP contribution in [0.5, 0.6) is 5.75 Å². The maximum atomic E-state index is 10.4. The van der Waals surface area contributed by atoms with Gasteiger partial charge in [-0.05, 0) is 50.2 Å². The third-order valence-electron chi connectivity index (χ3n) is 3.46. The monoisotopic (exact) mass is 368 g/mol. The molecule has 1 aromatic carbocycles. The Labute approximate surface area is 147 Å². The molecule has 0 atom stereocenters. The van der Waals surface area contributed by atoms with Crippen molar-refractivity contribution in [1.82, 2.24) is 0 Å². The Bertz CT molecular complexity index is 780. The van der Waals surface area contributed by atoms with Gasteiger partial charge in [-0.2, -0.15) is 0 Å². The zero-order chi connectivity index (χ0) is 15.9. The smallest absolute Gasteiger partial charge is 0.138 e. The first-order valence-corrected chi connectivity index (χ1v) is 9.15. The minimum absolute atomic E-state index is 0.0476. The number of aromatic hydroxyl groups is 1. The molecule has 0 aliphatic heterocycles. The van der Waals surface area contributed by atoms with E-state index in [1.54, 1.807) is 34.8 Å². The van der Waals surface area contributed by atoms with Crippen LogP contribution in [0.25, 0.3) is 0 Å². The molecule has 1 N–H and O–H groups in total. The summed E-state index contributed by atoms with van der Waals surface area (Å²) in [6, 6.07) is 11.8. The summed E-state index contributed by atoms with van der Waals surface area (Å²) in [5.41, 5.74) is 0.751. The second kappa shape index (κ2) is 6.25. The van der Waals surface area contributed by atoms with E-state index in [4.69, 9.17) is 23.2 Å². The van der Waals surface area contributed by atoms with Gasteiger partial charge < -0.3 is 5.11 Å². The Hall–Kier alpha value is -1.000.